The quantitative estimate of drug-likeness (QED) is 0.573. The lowest BCUT2D eigenvalue weighted by atomic mass is 10.1. The second kappa shape index (κ2) is 8.30. The fourth-order valence-corrected chi connectivity index (χ4v) is 3.08. The van der Waals surface area contributed by atoms with E-state index in [0.717, 1.165) is 18.4 Å². The molecule has 146 valence electrons. The van der Waals surface area contributed by atoms with Crippen molar-refractivity contribution in [3.63, 3.8) is 0 Å². The van der Waals surface area contributed by atoms with Gasteiger partial charge in [-0.1, -0.05) is 24.3 Å². The Morgan fingerprint density at radius 2 is 1.70 bits per heavy atom. The van der Waals surface area contributed by atoms with Crippen LogP contribution in [0, 0.1) is 0 Å². The predicted molar refractivity (Wildman–Crippen MR) is 97.1 cm³/mol. The molecule has 2 aromatic rings. The summed E-state index contributed by atoms with van der Waals surface area (Å²) in [4.78, 5) is 4.14. The van der Waals surface area contributed by atoms with Crippen LogP contribution in [-0.4, -0.2) is 27.0 Å². The number of nitrogens with two attached hydrogens (primary N) is 1. The normalized spacial score (nSPS) is 12.7. The number of hydrogen-bond donors (Lipinski definition) is 2. The molecule has 2 rings (SSSR count). The largest absolute Gasteiger partial charge is 0.573 e. The summed E-state index contributed by atoms with van der Waals surface area (Å²) in [5.74, 6) is -0.418. The van der Waals surface area contributed by atoms with Crippen molar-refractivity contribution in [2.75, 3.05) is 11.6 Å². The van der Waals surface area contributed by atoms with E-state index in [0.29, 0.717) is 16.8 Å². The molecule has 0 aliphatic heterocycles. The van der Waals surface area contributed by atoms with Gasteiger partial charge in [0.05, 0.1) is 12.3 Å². The third kappa shape index (κ3) is 7.57. The van der Waals surface area contributed by atoms with E-state index in [1.165, 1.54) is 12.1 Å². The number of guanidine groups is 1. The fraction of sp³-hybridized carbons (Fsp3) is 0.235. The zero-order valence-corrected chi connectivity index (χ0v) is 15.1. The zero-order chi connectivity index (χ0) is 20.1. The highest BCUT2D eigenvalue weighted by molar-refractivity contribution is 7.89. The van der Waals surface area contributed by atoms with E-state index < -0.39 is 16.2 Å². The number of nitrogens with zero attached hydrogens (tertiary/aromatic N) is 1. The molecule has 0 aliphatic rings. The van der Waals surface area contributed by atoms with E-state index in [-0.39, 0.29) is 24.0 Å². The first-order valence-corrected chi connectivity index (χ1v) is 9.75. The number of anilines is 1. The average molecular weight is 401 g/mol. The van der Waals surface area contributed by atoms with Crippen LogP contribution in [0.5, 0.6) is 5.75 Å². The fourth-order valence-electron chi connectivity index (χ4n) is 2.23. The zero-order valence-electron chi connectivity index (χ0n) is 14.3. The maximum absolute atomic E-state index is 12.1. The van der Waals surface area contributed by atoms with Gasteiger partial charge in [0.25, 0.3) is 0 Å². The molecule has 0 heterocycles. The Morgan fingerprint density at radius 1 is 1.11 bits per heavy atom. The van der Waals surface area contributed by atoms with Gasteiger partial charge in [-0.25, -0.2) is 13.4 Å². The lowest BCUT2D eigenvalue weighted by Crippen LogP contribution is -2.22. The van der Waals surface area contributed by atoms with Crippen molar-refractivity contribution in [3.8, 4) is 5.75 Å². The molecule has 0 amide bonds. The third-order valence-corrected chi connectivity index (χ3v) is 4.15. The van der Waals surface area contributed by atoms with Crippen LogP contribution >= 0.6 is 0 Å². The molecule has 0 aromatic heterocycles. The van der Waals surface area contributed by atoms with E-state index >= 15 is 0 Å². The van der Waals surface area contributed by atoms with Gasteiger partial charge in [0.1, 0.15) is 5.75 Å². The highest BCUT2D eigenvalue weighted by Gasteiger charge is 2.30. The molecule has 0 fully saturated rings. The first kappa shape index (κ1) is 20.6. The summed E-state index contributed by atoms with van der Waals surface area (Å²) in [7, 11) is -3.19. The number of hydrogen-bond acceptors (Lipinski definition) is 4. The molecule has 0 aliphatic carbocycles. The van der Waals surface area contributed by atoms with Crippen LogP contribution in [-0.2, 0) is 22.1 Å². The van der Waals surface area contributed by atoms with Crippen molar-refractivity contribution in [1.82, 2.24) is 0 Å². The molecule has 0 spiro atoms. The minimum absolute atomic E-state index is 0.0358. The van der Waals surface area contributed by atoms with Crippen molar-refractivity contribution in [3.05, 3.63) is 59.7 Å². The van der Waals surface area contributed by atoms with Gasteiger partial charge in [0.15, 0.2) is 15.8 Å². The van der Waals surface area contributed by atoms with Gasteiger partial charge in [0, 0.05) is 11.9 Å². The smallest absolute Gasteiger partial charge is 0.406 e. The Kier molecular flexibility index (Phi) is 6.32. The molecule has 0 radical (unpaired) electrons. The van der Waals surface area contributed by atoms with Crippen molar-refractivity contribution in [1.29, 1.82) is 0 Å². The van der Waals surface area contributed by atoms with Crippen molar-refractivity contribution >= 4 is 21.5 Å². The molecular formula is C17H18F3N3O3S. The summed E-state index contributed by atoms with van der Waals surface area (Å²) in [5, 5.41) is 2.74. The first-order valence-electron chi connectivity index (χ1n) is 7.69. The van der Waals surface area contributed by atoms with E-state index in [4.69, 9.17) is 5.73 Å². The Balaban J connectivity index is 2.03. The Morgan fingerprint density at radius 3 is 2.26 bits per heavy atom. The second-order valence-corrected chi connectivity index (χ2v) is 7.88. The molecule has 0 unspecified atom stereocenters. The summed E-state index contributed by atoms with van der Waals surface area (Å²) >= 11 is 0. The number of aliphatic imine (C=N–C) groups is 1. The van der Waals surface area contributed by atoms with Crippen molar-refractivity contribution < 1.29 is 26.3 Å². The molecule has 10 heteroatoms. The lowest BCUT2D eigenvalue weighted by Gasteiger charge is -2.10. The van der Waals surface area contributed by atoms with Crippen LogP contribution in [0.25, 0.3) is 0 Å². The minimum atomic E-state index is -4.76. The monoisotopic (exact) mass is 401 g/mol. The first-order chi connectivity index (χ1) is 12.5. The molecule has 27 heavy (non-hydrogen) atoms. The predicted octanol–water partition coefficient (Wildman–Crippen LogP) is 3.06. The Hall–Kier alpha value is -2.75. The van der Waals surface area contributed by atoms with Crippen molar-refractivity contribution in [2.24, 2.45) is 10.7 Å². The maximum Gasteiger partial charge on any atom is 0.573 e. The van der Waals surface area contributed by atoms with E-state index in [2.05, 4.69) is 15.0 Å². The lowest BCUT2D eigenvalue weighted by molar-refractivity contribution is -0.274. The molecule has 0 bridgehead atoms. The summed E-state index contributed by atoms with van der Waals surface area (Å²) in [6, 6.07) is 12.0. The molecule has 3 N–H and O–H groups in total. The number of halogens is 3. The number of benzene rings is 2. The summed E-state index contributed by atoms with van der Waals surface area (Å²) in [6.45, 7) is 0.153. The van der Waals surface area contributed by atoms with Crippen LogP contribution in [0.3, 0.4) is 0 Å². The number of sulfone groups is 1. The molecule has 6 nitrogen and oxygen atoms in total. The van der Waals surface area contributed by atoms with Gasteiger partial charge < -0.3 is 15.8 Å². The van der Waals surface area contributed by atoms with Crippen LogP contribution in [0.15, 0.2) is 53.5 Å². The molecule has 0 saturated carbocycles. The van der Waals surface area contributed by atoms with E-state index in [1.807, 2.05) is 0 Å². The van der Waals surface area contributed by atoms with E-state index in [1.54, 1.807) is 24.3 Å². The van der Waals surface area contributed by atoms with Crippen LogP contribution in [0.2, 0.25) is 0 Å². The number of rotatable bonds is 6. The van der Waals surface area contributed by atoms with E-state index in [9.17, 15) is 21.6 Å². The molecule has 2 aromatic carbocycles. The maximum atomic E-state index is 12.1. The number of alkyl halides is 3. The van der Waals surface area contributed by atoms with Gasteiger partial charge in [-0.2, -0.15) is 0 Å². The number of nitrogens with one attached hydrogen (secondary N) is 1. The van der Waals surface area contributed by atoms with Gasteiger partial charge in [0.2, 0.25) is 0 Å². The molecule has 0 saturated heterocycles. The third-order valence-electron chi connectivity index (χ3n) is 3.32. The second-order valence-electron chi connectivity index (χ2n) is 5.74. The summed E-state index contributed by atoms with van der Waals surface area (Å²) in [6.07, 6.45) is -3.61. The average Bonchev–Trinajstić information content (AvgIpc) is 2.53. The highest BCUT2D eigenvalue weighted by atomic mass is 32.2. The van der Waals surface area contributed by atoms with Crippen LogP contribution in [0.1, 0.15) is 11.1 Å². The topological polar surface area (TPSA) is 93.8 Å². The van der Waals surface area contributed by atoms with Crippen LogP contribution < -0.4 is 15.8 Å². The molecular weight excluding hydrogens is 383 g/mol. The Labute approximate surface area is 154 Å². The number of ether oxygens (including phenoxy) is 1. The SMILES string of the molecule is CS(=O)(=O)Cc1ccccc1CN=C(N)Nc1ccc(OC(F)(F)F)cc1. The standard InChI is InChI=1S/C17H18F3N3O3S/c1-27(24,25)11-13-5-3-2-4-12(13)10-22-16(21)23-14-6-8-15(9-7-14)26-17(18,19)20/h2-9H,10-11H2,1H3,(H3,21,22,23). The summed E-state index contributed by atoms with van der Waals surface area (Å²) < 4.78 is 63.2. The van der Waals surface area contributed by atoms with Gasteiger partial charge in [-0.15, -0.1) is 13.2 Å². The van der Waals surface area contributed by atoms with Gasteiger partial charge >= 0.3 is 6.36 Å². The van der Waals surface area contributed by atoms with Crippen LogP contribution in [0.4, 0.5) is 18.9 Å². The van der Waals surface area contributed by atoms with Gasteiger partial charge in [-0.05, 0) is 35.4 Å². The minimum Gasteiger partial charge on any atom is -0.406 e. The highest BCUT2D eigenvalue weighted by Crippen LogP contribution is 2.23. The van der Waals surface area contributed by atoms with Crippen molar-refractivity contribution in [2.45, 2.75) is 18.7 Å². The summed E-state index contributed by atoms with van der Waals surface area (Å²) in [5.41, 5.74) is 7.55. The molecule has 0 atom stereocenters. The van der Waals surface area contributed by atoms with Gasteiger partial charge in [-0.3, -0.25) is 0 Å². The Bertz CT molecular complexity index is 911.